The van der Waals surface area contributed by atoms with Gasteiger partial charge in [-0.15, -0.1) is 11.3 Å². The Balaban J connectivity index is 1.54. The summed E-state index contributed by atoms with van der Waals surface area (Å²) in [5.41, 5.74) is 2.07. The number of piperazine rings is 1. The van der Waals surface area contributed by atoms with Gasteiger partial charge >= 0.3 is 0 Å². The molecule has 0 unspecified atom stereocenters. The number of pyridine rings is 1. The highest BCUT2D eigenvalue weighted by Crippen LogP contribution is 2.31. The minimum absolute atomic E-state index is 0.0220. The fourth-order valence-corrected chi connectivity index (χ4v) is 4.47. The lowest BCUT2D eigenvalue weighted by atomic mass is 10.1. The van der Waals surface area contributed by atoms with Gasteiger partial charge in [-0.05, 0) is 53.2 Å². The molecule has 1 fully saturated rings. The van der Waals surface area contributed by atoms with E-state index < -0.39 is 0 Å². The predicted molar refractivity (Wildman–Crippen MR) is 122 cm³/mol. The number of nitrogens with zero attached hydrogens (tertiary/aromatic N) is 3. The van der Waals surface area contributed by atoms with Crippen molar-refractivity contribution in [1.82, 2.24) is 9.88 Å². The number of anilines is 1. The summed E-state index contributed by atoms with van der Waals surface area (Å²) < 4.78 is 6.69. The smallest absolute Gasteiger partial charge is 0.147 e. The van der Waals surface area contributed by atoms with Crippen LogP contribution in [0.5, 0.6) is 5.75 Å². The number of ether oxygens (including phenoxy) is 1. The van der Waals surface area contributed by atoms with E-state index in [0.29, 0.717) is 6.61 Å². The Morgan fingerprint density at radius 2 is 1.90 bits per heavy atom. The molecule has 152 valence electrons. The van der Waals surface area contributed by atoms with Crippen LogP contribution in [0.25, 0.3) is 22.2 Å². The fourth-order valence-electron chi connectivity index (χ4n) is 3.58. The van der Waals surface area contributed by atoms with E-state index in [4.69, 9.17) is 14.8 Å². The molecule has 6 heteroatoms. The quantitative estimate of drug-likeness (QED) is 0.640. The lowest BCUT2D eigenvalue weighted by Crippen LogP contribution is -2.46. The minimum Gasteiger partial charge on any atom is -0.491 e. The van der Waals surface area contributed by atoms with Crippen LogP contribution in [-0.2, 0) is 0 Å². The van der Waals surface area contributed by atoms with Gasteiger partial charge in [0.2, 0.25) is 0 Å². The van der Waals surface area contributed by atoms with Gasteiger partial charge in [-0.3, -0.25) is 0 Å². The van der Waals surface area contributed by atoms with E-state index in [1.165, 1.54) is 10.1 Å². The highest BCUT2D eigenvalue weighted by atomic mass is 32.1. The Kier molecular flexibility index (Phi) is 6.44. The van der Waals surface area contributed by atoms with Gasteiger partial charge in [-0.25, -0.2) is 4.98 Å². The molecule has 0 spiro atoms. The molecule has 0 radical (unpaired) electrons. The van der Waals surface area contributed by atoms with Gasteiger partial charge in [0.1, 0.15) is 18.2 Å². The largest absolute Gasteiger partial charge is 0.491 e. The molecule has 1 aliphatic rings. The molecule has 3 heterocycles. The monoisotopic (exact) mass is 409 g/mol. The summed E-state index contributed by atoms with van der Waals surface area (Å²) in [5.74, 6) is 1.88. The molecular formula is C23H27N3O2S. The maximum Gasteiger partial charge on any atom is 0.147 e. The number of rotatable bonds is 7. The third-order valence-corrected chi connectivity index (χ3v) is 6.17. The molecule has 5 nitrogen and oxygen atoms in total. The van der Waals surface area contributed by atoms with E-state index in [1.807, 2.05) is 24.3 Å². The number of hydrogen-bond acceptors (Lipinski definition) is 6. The van der Waals surface area contributed by atoms with Gasteiger partial charge in [0, 0.05) is 26.2 Å². The van der Waals surface area contributed by atoms with Gasteiger partial charge in [0.05, 0.1) is 17.0 Å². The van der Waals surface area contributed by atoms with Crippen LogP contribution in [0.4, 0.5) is 5.82 Å². The summed E-state index contributed by atoms with van der Waals surface area (Å²) in [7, 11) is 0. The number of aromatic nitrogens is 1. The number of aliphatic hydroxyl groups excluding tert-OH is 1. The van der Waals surface area contributed by atoms with Gasteiger partial charge in [0.25, 0.3) is 0 Å². The Morgan fingerprint density at radius 3 is 2.62 bits per heavy atom. The first kappa shape index (κ1) is 19.9. The summed E-state index contributed by atoms with van der Waals surface area (Å²) in [5, 5.41) is 12.3. The van der Waals surface area contributed by atoms with Crippen molar-refractivity contribution in [3.63, 3.8) is 0 Å². The number of fused-ring (bicyclic) bond motifs is 1. The Labute approximate surface area is 175 Å². The SMILES string of the molecule is CCN1CCN(c2nc(C=Cc3ccc(OCCO)cc3)cc3ccsc23)CC1. The zero-order valence-electron chi connectivity index (χ0n) is 16.8. The average Bonchev–Trinajstić information content (AvgIpc) is 3.25. The molecule has 3 aromatic rings. The van der Waals surface area contributed by atoms with E-state index in [2.05, 4.69) is 46.4 Å². The van der Waals surface area contributed by atoms with E-state index in [0.717, 1.165) is 55.5 Å². The Hall–Kier alpha value is -2.41. The first-order valence-corrected chi connectivity index (χ1v) is 11.0. The van der Waals surface area contributed by atoms with Crippen LogP contribution < -0.4 is 9.64 Å². The molecule has 1 aromatic carbocycles. The Morgan fingerprint density at radius 1 is 1.10 bits per heavy atom. The summed E-state index contributed by atoms with van der Waals surface area (Å²) >= 11 is 1.77. The summed E-state index contributed by atoms with van der Waals surface area (Å²) in [4.78, 5) is 9.91. The maximum atomic E-state index is 8.85. The Bertz CT molecular complexity index is 960. The third-order valence-electron chi connectivity index (χ3n) is 5.24. The van der Waals surface area contributed by atoms with Crippen LogP contribution in [-0.4, -0.2) is 60.9 Å². The number of benzene rings is 1. The van der Waals surface area contributed by atoms with Crippen molar-refractivity contribution < 1.29 is 9.84 Å². The van der Waals surface area contributed by atoms with Crippen LogP contribution in [0.1, 0.15) is 18.2 Å². The van der Waals surface area contributed by atoms with Crippen LogP contribution >= 0.6 is 11.3 Å². The standard InChI is InChI=1S/C23H27N3O2S/c1-2-25-10-12-26(13-11-25)23-22-19(9-16-29-22)17-20(24-23)6-3-18-4-7-21(8-5-18)28-15-14-27/h3-9,16-17,27H,2,10-15H2,1H3. The molecule has 29 heavy (non-hydrogen) atoms. The number of thiophene rings is 1. The molecular weight excluding hydrogens is 382 g/mol. The lowest BCUT2D eigenvalue weighted by molar-refractivity contribution is 0.201. The highest BCUT2D eigenvalue weighted by Gasteiger charge is 2.19. The normalized spacial score (nSPS) is 15.4. The number of likely N-dealkylation sites (N-methyl/N-ethyl adjacent to an activating group) is 1. The van der Waals surface area contributed by atoms with Crippen LogP contribution in [0.2, 0.25) is 0 Å². The van der Waals surface area contributed by atoms with Crippen molar-refractivity contribution in [2.24, 2.45) is 0 Å². The minimum atomic E-state index is 0.0220. The van der Waals surface area contributed by atoms with Crippen molar-refractivity contribution in [3.05, 3.63) is 53.0 Å². The van der Waals surface area contributed by atoms with E-state index in [-0.39, 0.29) is 6.61 Å². The van der Waals surface area contributed by atoms with Crippen molar-refractivity contribution in [2.75, 3.05) is 50.8 Å². The molecule has 0 amide bonds. The van der Waals surface area contributed by atoms with Crippen molar-refractivity contribution >= 4 is 39.4 Å². The molecule has 0 saturated carbocycles. The summed E-state index contributed by atoms with van der Waals surface area (Å²) in [6, 6.07) is 12.2. The maximum absolute atomic E-state index is 8.85. The summed E-state index contributed by atoms with van der Waals surface area (Å²) in [6.07, 6.45) is 4.15. The topological polar surface area (TPSA) is 48.8 Å². The molecule has 0 bridgehead atoms. The van der Waals surface area contributed by atoms with Crippen LogP contribution in [0.3, 0.4) is 0 Å². The second kappa shape index (κ2) is 9.39. The van der Waals surface area contributed by atoms with Gasteiger partial charge < -0.3 is 19.6 Å². The highest BCUT2D eigenvalue weighted by molar-refractivity contribution is 7.17. The van der Waals surface area contributed by atoms with E-state index >= 15 is 0 Å². The zero-order chi connectivity index (χ0) is 20.1. The second-order valence-electron chi connectivity index (χ2n) is 7.11. The third kappa shape index (κ3) is 4.78. The molecule has 4 rings (SSSR count). The lowest BCUT2D eigenvalue weighted by Gasteiger charge is -2.35. The van der Waals surface area contributed by atoms with Gasteiger partial charge in [-0.2, -0.15) is 0 Å². The predicted octanol–water partition coefficient (Wildman–Crippen LogP) is 3.98. The van der Waals surface area contributed by atoms with Crippen molar-refractivity contribution in [1.29, 1.82) is 0 Å². The van der Waals surface area contributed by atoms with Gasteiger partial charge in [0.15, 0.2) is 0 Å². The van der Waals surface area contributed by atoms with Crippen LogP contribution in [0, 0.1) is 0 Å². The molecule has 1 saturated heterocycles. The van der Waals surface area contributed by atoms with E-state index in [1.54, 1.807) is 11.3 Å². The fraction of sp³-hybridized carbons (Fsp3) is 0.348. The second-order valence-corrected chi connectivity index (χ2v) is 8.02. The first-order valence-electron chi connectivity index (χ1n) is 10.1. The average molecular weight is 410 g/mol. The molecule has 1 N–H and O–H groups in total. The van der Waals surface area contributed by atoms with Crippen LogP contribution in [0.15, 0.2) is 41.8 Å². The summed E-state index contributed by atoms with van der Waals surface area (Å²) in [6.45, 7) is 7.91. The number of aliphatic hydroxyl groups is 1. The molecule has 1 aliphatic heterocycles. The van der Waals surface area contributed by atoms with Crippen molar-refractivity contribution in [3.8, 4) is 5.75 Å². The van der Waals surface area contributed by atoms with Gasteiger partial charge in [-0.1, -0.05) is 25.1 Å². The molecule has 2 aromatic heterocycles. The zero-order valence-corrected chi connectivity index (χ0v) is 17.6. The molecule has 0 aliphatic carbocycles. The van der Waals surface area contributed by atoms with Crippen molar-refractivity contribution in [2.45, 2.75) is 6.92 Å². The molecule has 0 atom stereocenters. The number of hydrogen-bond donors (Lipinski definition) is 1. The van der Waals surface area contributed by atoms with E-state index in [9.17, 15) is 0 Å². The first-order chi connectivity index (χ1) is 14.3.